The van der Waals surface area contributed by atoms with Crippen LogP contribution < -0.4 is 5.32 Å². The highest BCUT2D eigenvalue weighted by atomic mass is 35.5. The van der Waals surface area contributed by atoms with Gasteiger partial charge in [0.2, 0.25) is 0 Å². The highest BCUT2D eigenvalue weighted by molar-refractivity contribution is 7.20. The Bertz CT molecular complexity index is 1220. The minimum Gasteiger partial charge on any atom is -0.336 e. The maximum Gasteiger partial charge on any atom is 0.321 e. The fraction of sp³-hybridized carbons (Fsp3) is 0.417. The molecule has 0 bridgehead atoms. The first-order valence-electron chi connectivity index (χ1n) is 11.3. The topological polar surface area (TPSA) is 78.4 Å². The van der Waals surface area contributed by atoms with Crippen molar-refractivity contribution >= 4 is 50.8 Å². The Hall–Kier alpha value is -2.71. The van der Waals surface area contributed by atoms with E-state index in [1.807, 2.05) is 18.7 Å². The van der Waals surface area contributed by atoms with Gasteiger partial charge in [-0.05, 0) is 62.9 Å². The summed E-state index contributed by atoms with van der Waals surface area (Å²) in [6.07, 6.45) is 3.03. The smallest absolute Gasteiger partial charge is 0.321 e. The van der Waals surface area contributed by atoms with E-state index >= 15 is 0 Å². The second kappa shape index (κ2) is 8.91. The van der Waals surface area contributed by atoms with Crippen molar-refractivity contribution < 1.29 is 9.59 Å². The van der Waals surface area contributed by atoms with E-state index in [2.05, 4.69) is 5.32 Å². The van der Waals surface area contributed by atoms with E-state index in [1.54, 1.807) is 29.2 Å². The molecule has 0 radical (unpaired) electrons. The average Bonchev–Trinajstić information content (AvgIpc) is 3.61. The van der Waals surface area contributed by atoms with Crippen LogP contribution >= 0.6 is 22.9 Å². The number of aryl methyl sites for hydroxylation is 2. The molecule has 172 valence electrons. The molecule has 5 rings (SSSR count). The van der Waals surface area contributed by atoms with Crippen LogP contribution in [-0.2, 0) is 0 Å². The van der Waals surface area contributed by atoms with Gasteiger partial charge in [-0.1, -0.05) is 11.6 Å². The van der Waals surface area contributed by atoms with E-state index in [4.69, 9.17) is 21.6 Å². The molecule has 2 aromatic heterocycles. The molecular weight excluding hydrogens is 458 g/mol. The number of hydrogen-bond donors (Lipinski definition) is 1. The molecule has 1 saturated carbocycles. The summed E-state index contributed by atoms with van der Waals surface area (Å²) >= 11 is 7.39. The van der Waals surface area contributed by atoms with E-state index in [9.17, 15) is 9.59 Å². The summed E-state index contributed by atoms with van der Waals surface area (Å²) in [6.45, 7) is 6.20. The Morgan fingerprint density at radius 1 is 1.03 bits per heavy atom. The van der Waals surface area contributed by atoms with Crippen LogP contribution in [0.4, 0.5) is 10.5 Å². The molecule has 1 aliphatic heterocycles. The number of carbonyl (C=O) groups is 2. The number of nitrogens with one attached hydrogen (secondary N) is 1. The molecule has 33 heavy (non-hydrogen) atoms. The van der Waals surface area contributed by atoms with Crippen LogP contribution in [0.5, 0.6) is 0 Å². The number of fused-ring (bicyclic) bond motifs is 1. The molecule has 3 heterocycles. The van der Waals surface area contributed by atoms with Gasteiger partial charge >= 0.3 is 6.03 Å². The van der Waals surface area contributed by atoms with E-state index in [0.29, 0.717) is 42.8 Å². The van der Waals surface area contributed by atoms with E-state index < -0.39 is 0 Å². The van der Waals surface area contributed by atoms with Crippen LogP contribution in [0.1, 0.15) is 51.9 Å². The van der Waals surface area contributed by atoms with Crippen LogP contribution in [0.3, 0.4) is 0 Å². The van der Waals surface area contributed by atoms with Crippen molar-refractivity contribution in [3.63, 3.8) is 0 Å². The number of anilines is 1. The van der Waals surface area contributed by atoms with Gasteiger partial charge in [0.05, 0.1) is 10.6 Å². The van der Waals surface area contributed by atoms with Gasteiger partial charge in [-0.15, -0.1) is 11.3 Å². The zero-order valence-corrected chi connectivity index (χ0v) is 20.3. The first kappa shape index (κ1) is 22.1. The largest absolute Gasteiger partial charge is 0.336 e. The van der Waals surface area contributed by atoms with Gasteiger partial charge in [-0.2, -0.15) is 0 Å². The molecule has 0 spiro atoms. The highest BCUT2D eigenvalue weighted by Crippen LogP contribution is 2.40. The standard InChI is InChI=1S/C24H26ClN5O2S/c1-14-19-15(2)26-21(16-4-5-16)28-22(19)33-20(14)23(31)29-10-3-11-30(13-12-29)24(32)27-18-8-6-17(25)7-9-18/h6-9,16H,3-5,10-13H2,1-2H3,(H,27,32). The lowest BCUT2D eigenvalue weighted by atomic mass is 10.1. The third-order valence-corrected chi connectivity index (χ3v) is 7.72. The molecule has 3 aromatic rings. The molecule has 1 aliphatic carbocycles. The second-order valence-corrected chi connectivity index (χ2v) is 10.2. The number of halogens is 1. The van der Waals surface area contributed by atoms with Crippen molar-refractivity contribution in [3.05, 3.63) is 51.2 Å². The molecule has 9 heteroatoms. The van der Waals surface area contributed by atoms with Crippen molar-refractivity contribution in [2.75, 3.05) is 31.5 Å². The first-order valence-corrected chi connectivity index (χ1v) is 12.5. The Balaban J connectivity index is 1.29. The van der Waals surface area contributed by atoms with Crippen LogP contribution in [-0.4, -0.2) is 57.9 Å². The van der Waals surface area contributed by atoms with E-state index in [-0.39, 0.29) is 11.9 Å². The Morgan fingerprint density at radius 2 is 1.73 bits per heavy atom. The highest BCUT2D eigenvalue weighted by Gasteiger charge is 2.30. The predicted octanol–water partition coefficient (Wildman–Crippen LogP) is 5.22. The fourth-order valence-electron chi connectivity index (χ4n) is 4.29. The average molecular weight is 484 g/mol. The van der Waals surface area contributed by atoms with E-state index in [0.717, 1.165) is 51.4 Å². The minimum atomic E-state index is -0.164. The van der Waals surface area contributed by atoms with Gasteiger partial charge in [-0.3, -0.25) is 4.79 Å². The number of amides is 3. The maximum atomic E-state index is 13.4. The summed E-state index contributed by atoms with van der Waals surface area (Å²) in [6, 6.07) is 6.87. The summed E-state index contributed by atoms with van der Waals surface area (Å²) in [5.41, 5.74) is 2.61. The number of nitrogens with zero attached hydrogens (tertiary/aromatic N) is 4. The Morgan fingerprint density at radius 3 is 2.45 bits per heavy atom. The lowest BCUT2D eigenvalue weighted by Crippen LogP contribution is -2.39. The molecule has 1 N–H and O–H groups in total. The lowest BCUT2D eigenvalue weighted by Gasteiger charge is -2.22. The molecule has 2 fully saturated rings. The summed E-state index contributed by atoms with van der Waals surface area (Å²) in [5, 5.41) is 4.54. The molecule has 0 atom stereocenters. The molecule has 1 aromatic carbocycles. The summed E-state index contributed by atoms with van der Waals surface area (Å²) < 4.78 is 0. The van der Waals surface area contributed by atoms with Crippen molar-refractivity contribution in [1.82, 2.24) is 19.8 Å². The van der Waals surface area contributed by atoms with Gasteiger partial charge < -0.3 is 15.1 Å². The zero-order valence-electron chi connectivity index (χ0n) is 18.7. The van der Waals surface area contributed by atoms with Crippen LogP contribution in [0.25, 0.3) is 10.2 Å². The molecular formula is C24H26ClN5O2S. The number of thiophene rings is 1. The minimum absolute atomic E-state index is 0.0165. The first-order chi connectivity index (χ1) is 15.9. The number of hydrogen-bond acceptors (Lipinski definition) is 5. The number of aromatic nitrogens is 2. The van der Waals surface area contributed by atoms with Crippen molar-refractivity contribution in [1.29, 1.82) is 0 Å². The number of carbonyl (C=O) groups excluding carboxylic acids is 2. The van der Waals surface area contributed by atoms with Gasteiger partial charge in [0, 0.05) is 48.2 Å². The second-order valence-electron chi connectivity index (χ2n) is 8.75. The molecule has 3 amide bonds. The van der Waals surface area contributed by atoms with Gasteiger partial charge in [0.25, 0.3) is 5.91 Å². The number of benzene rings is 1. The third-order valence-electron chi connectivity index (χ3n) is 6.29. The monoisotopic (exact) mass is 483 g/mol. The van der Waals surface area contributed by atoms with Crippen molar-refractivity contribution in [2.45, 2.75) is 39.0 Å². The number of rotatable bonds is 3. The molecule has 1 saturated heterocycles. The molecule has 7 nitrogen and oxygen atoms in total. The van der Waals surface area contributed by atoms with Gasteiger partial charge in [-0.25, -0.2) is 14.8 Å². The van der Waals surface area contributed by atoms with Crippen LogP contribution in [0.2, 0.25) is 5.02 Å². The van der Waals surface area contributed by atoms with Crippen molar-refractivity contribution in [2.24, 2.45) is 0 Å². The zero-order chi connectivity index (χ0) is 23.1. The maximum absolute atomic E-state index is 13.4. The fourth-order valence-corrected chi connectivity index (χ4v) is 5.62. The SMILES string of the molecule is Cc1nc(C2CC2)nc2sc(C(=O)N3CCCN(C(=O)Nc4ccc(Cl)cc4)CC3)c(C)c12. The van der Waals surface area contributed by atoms with Crippen LogP contribution in [0.15, 0.2) is 24.3 Å². The van der Waals surface area contributed by atoms with Gasteiger partial charge in [0.1, 0.15) is 10.7 Å². The van der Waals surface area contributed by atoms with Gasteiger partial charge in [0.15, 0.2) is 0 Å². The van der Waals surface area contributed by atoms with E-state index in [1.165, 1.54) is 11.3 Å². The molecule has 0 unspecified atom stereocenters. The number of urea groups is 1. The molecule has 2 aliphatic rings. The summed E-state index contributed by atoms with van der Waals surface area (Å²) in [4.78, 5) is 40.9. The predicted molar refractivity (Wildman–Crippen MR) is 131 cm³/mol. The Kier molecular flexibility index (Phi) is 5.97. The quantitative estimate of drug-likeness (QED) is 0.554. The normalized spacial score (nSPS) is 16.7. The third kappa shape index (κ3) is 4.54. The Labute approximate surface area is 201 Å². The summed E-state index contributed by atoms with van der Waals surface area (Å²) in [5.74, 6) is 1.41. The van der Waals surface area contributed by atoms with Crippen molar-refractivity contribution in [3.8, 4) is 0 Å². The summed E-state index contributed by atoms with van der Waals surface area (Å²) in [7, 11) is 0. The lowest BCUT2D eigenvalue weighted by molar-refractivity contribution is 0.0767. The van der Waals surface area contributed by atoms with Crippen LogP contribution in [0, 0.1) is 13.8 Å².